The van der Waals surface area contributed by atoms with Gasteiger partial charge in [0.05, 0.1) is 25.1 Å². The normalized spacial score (nSPS) is 10.9. The van der Waals surface area contributed by atoms with E-state index in [-0.39, 0.29) is 30.8 Å². The number of fused-ring (bicyclic) bond motifs is 1. The van der Waals surface area contributed by atoms with Crippen molar-refractivity contribution in [2.45, 2.75) is 13.5 Å². The molecule has 140 valence electrons. The number of carbonyl (C=O) groups excluding carboxylic acids is 1. The van der Waals surface area contributed by atoms with Gasteiger partial charge in [-0.2, -0.15) is 0 Å². The molecule has 0 amide bonds. The number of nitrogens with zero attached hydrogens (tertiary/aromatic N) is 3. The second-order valence-corrected chi connectivity index (χ2v) is 5.69. The van der Waals surface area contributed by atoms with E-state index in [0.717, 1.165) is 5.56 Å². The number of ether oxygens (including phenoxy) is 2. The first kappa shape index (κ1) is 18.5. The maximum Gasteiger partial charge on any atom is 0.347 e. The van der Waals surface area contributed by atoms with Gasteiger partial charge >= 0.3 is 5.97 Å². The van der Waals surface area contributed by atoms with E-state index in [4.69, 9.17) is 9.47 Å². The molecule has 27 heavy (non-hydrogen) atoms. The first-order valence-electron chi connectivity index (χ1n) is 8.42. The molecule has 8 nitrogen and oxygen atoms in total. The van der Waals surface area contributed by atoms with Gasteiger partial charge in [-0.25, -0.2) is 14.8 Å². The summed E-state index contributed by atoms with van der Waals surface area (Å²) in [6.07, 6.45) is 1.39. The van der Waals surface area contributed by atoms with Crippen molar-refractivity contribution in [3.63, 3.8) is 0 Å². The van der Waals surface area contributed by atoms with Crippen molar-refractivity contribution in [1.29, 1.82) is 0 Å². The summed E-state index contributed by atoms with van der Waals surface area (Å²) in [6.45, 7) is 2.09. The van der Waals surface area contributed by atoms with Crippen molar-refractivity contribution in [2.24, 2.45) is 0 Å². The third-order valence-electron chi connectivity index (χ3n) is 4.01. The fourth-order valence-electron chi connectivity index (χ4n) is 2.72. The minimum absolute atomic E-state index is 0.0806. The standard InChI is InChI=1S/C19H19N3O5/c1-3-27-19(25)14-15(23)13-11-20-16(12-7-5-4-6-8-12)21-17(13)22(18(14)24)9-10-26-2/h4-8,11,23H,3,9-10H2,1-2H3. The topological polar surface area (TPSA) is 104 Å². The van der Waals surface area contributed by atoms with Crippen LogP contribution in [-0.4, -0.2) is 45.9 Å². The van der Waals surface area contributed by atoms with Crippen molar-refractivity contribution in [3.8, 4) is 17.1 Å². The predicted octanol–water partition coefficient (Wildman–Crippen LogP) is 1.99. The van der Waals surface area contributed by atoms with Crippen LogP contribution in [0, 0.1) is 0 Å². The highest BCUT2D eigenvalue weighted by Gasteiger charge is 2.24. The molecule has 0 atom stereocenters. The van der Waals surface area contributed by atoms with E-state index >= 15 is 0 Å². The number of aromatic nitrogens is 3. The first-order valence-corrected chi connectivity index (χ1v) is 8.42. The van der Waals surface area contributed by atoms with Gasteiger partial charge in [0, 0.05) is 18.9 Å². The summed E-state index contributed by atoms with van der Waals surface area (Å²) in [5, 5.41) is 10.7. The predicted molar refractivity (Wildman–Crippen MR) is 98.7 cm³/mol. The maximum atomic E-state index is 12.9. The van der Waals surface area contributed by atoms with Gasteiger partial charge < -0.3 is 14.6 Å². The van der Waals surface area contributed by atoms with Gasteiger partial charge in [-0.05, 0) is 6.92 Å². The molecule has 0 aliphatic carbocycles. The molecule has 3 rings (SSSR count). The van der Waals surface area contributed by atoms with Crippen LogP contribution in [0.1, 0.15) is 17.3 Å². The molecule has 3 aromatic rings. The molecule has 1 N–H and O–H groups in total. The van der Waals surface area contributed by atoms with Gasteiger partial charge in [-0.1, -0.05) is 30.3 Å². The minimum Gasteiger partial charge on any atom is -0.506 e. The van der Waals surface area contributed by atoms with Gasteiger partial charge in [-0.3, -0.25) is 9.36 Å². The Labute approximate surface area is 155 Å². The van der Waals surface area contributed by atoms with Gasteiger partial charge in [0.15, 0.2) is 17.0 Å². The molecular formula is C19H19N3O5. The largest absolute Gasteiger partial charge is 0.506 e. The lowest BCUT2D eigenvalue weighted by atomic mass is 10.1. The zero-order valence-electron chi connectivity index (χ0n) is 15.0. The van der Waals surface area contributed by atoms with E-state index in [2.05, 4.69) is 9.97 Å². The summed E-state index contributed by atoms with van der Waals surface area (Å²) in [5.74, 6) is -0.973. The first-order chi connectivity index (χ1) is 13.1. The van der Waals surface area contributed by atoms with Crippen molar-refractivity contribution >= 4 is 17.0 Å². The van der Waals surface area contributed by atoms with Crippen LogP contribution in [0.5, 0.6) is 5.75 Å². The zero-order valence-corrected chi connectivity index (χ0v) is 15.0. The summed E-state index contributed by atoms with van der Waals surface area (Å²) in [7, 11) is 1.50. The fraction of sp³-hybridized carbons (Fsp3) is 0.263. The number of esters is 1. The molecule has 8 heteroatoms. The second kappa shape index (κ2) is 7.96. The molecule has 0 aliphatic heterocycles. The Kier molecular flexibility index (Phi) is 5.46. The molecule has 0 fully saturated rings. The van der Waals surface area contributed by atoms with Crippen LogP contribution < -0.4 is 5.56 Å². The van der Waals surface area contributed by atoms with Gasteiger partial charge in [0.25, 0.3) is 5.56 Å². The van der Waals surface area contributed by atoms with Crippen LogP contribution >= 0.6 is 0 Å². The summed E-state index contributed by atoms with van der Waals surface area (Å²) in [6, 6.07) is 9.25. The molecule has 0 radical (unpaired) electrons. The minimum atomic E-state index is -0.889. The lowest BCUT2D eigenvalue weighted by molar-refractivity contribution is 0.0520. The van der Waals surface area contributed by atoms with E-state index in [1.165, 1.54) is 17.9 Å². The number of hydrogen-bond acceptors (Lipinski definition) is 7. The van der Waals surface area contributed by atoms with E-state index in [1.807, 2.05) is 30.3 Å². The maximum absolute atomic E-state index is 12.9. The SMILES string of the molecule is CCOC(=O)c1c(O)c2cnc(-c3ccccc3)nc2n(CCOC)c1=O. The molecule has 2 aromatic heterocycles. The van der Waals surface area contributed by atoms with Gasteiger partial charge in [0.2, 0.25) is 0 Å². The Morgan fingerprint density at radius 3 is 2.67 bits per heavy atom. The summed E-state index contributed by atoms with van der Waals surface area (Å²) in [4.78, 5) is 33.8. The van der Waals surface area contributed by atoms with Crippen LogP contribution in [0.25, 0.3) is 22.4 Å². The number of rotatable bonds is 6. The molecule has 0 spiro atoms. The van der Waals surface area contributed by atoms with Gasteiger partial charge in [-0.15, -0.1) is 0 Å². The lowest BCUT2D eigenvalue weighted by Crippen LogP contribution is -2.30. The Morgan fingerprint density at radius 1 is 1.26 bits per heavy atom. The van der Waals surface area contributed by atoms with Crippen LogP contribution in [0.4, 0.5) is 0 Å². The molecule has 2 heterocycles. The highest BCUT2D eigenvalue weighted by molar-refractivity contribution is 5.98. The number of carbonyl (C=O) groups is 1. The number of pyridine rings is 1. The quantitative estimate of drug-likeness (QED) is 0.663. The number of benzene rings is 1. The van der Waals surface area contributed by atoms with E-state index in [9.17, 15) is 14.7 Å². The fourth-order valence-corrected chi connectivity index (χ4v) is 2.72. The van der Waals surface area contributed by atoms with Crippen LogP contribution in [0.15, 0.2) is 41.3 Å². The molecule has 0 bridgehead atoms. The van der Waals surface area contributed by atoms with E-state index < -0.39 is 22.8 Å². The van der Waals surface area contributed by atoms with Crippen LogP contribution in [-0.2, 0) is 16.0 Å². The van der Waals surface area contributed by atoms with Crippen LogP contribution in [0.2, 0.25) is 0 Å². The summed E-state index contributed by atoms with van der Waals surface area (Å²) in [5.41, 5.74) is -0.139. The molecule has 0 saturated heterocycles. The summed E-state index contributed by atoms with van der Waals surface area (Å²) < 4.78 is 11.3. The molecule has 0 aliphatic rings. The Balaban J connectivity index is 2.28. The van der Waals surface area contributed by atoms with Crippen molar-refractivity contribution in [3.05, 3.63) is 52.4 Å². The zero-order chi connectivity index (χ0) is 19.4. The average Bonchev–Trinajstić information content (AvgIpc) is 2.68. The number of aromatic hydroxyl groups is 1. The molecule has 0 saturated carbocycles. The van der Waals surface area contributed by atoms with Crippen molar-refractivity contribution in [2.75, 3.05) is 20.3 Å². The Morgan fingerprint density at radius 2 is 2.00 bits per heavy atom. The Hall–Kier alpha value is -3.26. The number of hydrogen-bond donors (Lipinski definition) is 1. The smallest absolute Gasteiger partial charge is 0.347 e. The molecular weight excluding hydrogens is 350 g/mol. The highest BCUT2D eigenvalue weighted by atomic mass is 16.5. The van der Waals surface area contributed by atoms with E-state index in [0.29, 0.717) is 5.82 Å². The van der Waals surface area contributed by atoms with E-state index in [1.54, 1.807) is 6.92 Å². The molecule has 0 unspecified atom stereocenters. The average molecular weight is 369 g/mol. The third kappa shape index (κ3) is 3.52. The van der Waals surface area contributed by atoms with Crippen molar-refractivity contribution < 1.29 is 19.4 Å². The monoisotopic (exact) mass is 369 g/mol. The lowest BCUT2D eigenvalue weighted by Gasteiger charge is -2.14. The summed E-state index contributed by atoms with van der Waals surface area (Å²) >= 11 is 0. The number of methoxy groups -OCH3 is 1. The molecule has 1 aromatic carbocycles. The Bertz CT molecular complexity index is 1030. The van der Waals surface area contributed by atoms with Crippen molar-refractivity contribution in [1.82, 2.24) is 14.5 Å². The van der Waals surface area contributed by atoms with Crippen LogP contribution in [0.3, 0.4) is 0 Å². The third-order valence-corrected chi connectivity index (χ3v) is 4.01. The second-order valence-electron chi connectivity index (χ2n) is 5.69. The van der Waals surface area contributed by atoms with Gasteiger partial charge in [0.1, 0.15) is 5.75 Å². The highest BCUT2D eigenvalue weighted by Crippen LogP contribution is 2.27.